The van der Waals surface area contributed by atoms with Crippen molar-refractivity contribution in [3.63, 3.8) is 0 Å². The van der Waals surface area contributed by atoms with Gasteiger partial charge in [0.25, 0.3) is 0 Å². The minimum Gasteiger partial charge on any atom is -0.496 e. The second-order valence-corrected chi connectivity index (χ2v) is 6.23. The fourth-order valence-electron chi connectivity index (χ4n) is 3.52. The lowest BCUT2D eigenvalue weighted by Gasteiger charge is -2.41. The molecule has 1 spiro atoms. The van der Waals surface area contributed by atoms with E-state index in [1.807, 2.05) is 13.0 Å². The lowest BCUT2D eigenvalue weighted by molar-refractivity contribution is -0.204. The first-order chi connectivity index (χ1) is 10.00. The van der Waals surface area contributed by atoms with Gasteiger partial charge in [0.1, 0.15) is 5.75 Å². The maximum atomic E-state index is 11.1. The minimum absolute atomic E-state index is 0.459. The van der Waals surface area contributed by atoms with E-state index >= 15 is 0 Å². The van der Waals surface area contributed by atoms with Crippen LogP contribution in [0.3, 0.4) is 0 Å². The highest BCUT2D eigenvalue weighted by molar-refractivity contribution is 5.48. The Bertz CT molecular complexity index is 522. The maximum Gasteiger partial charge on any atom is 0.168 e. The van der Waals surface area contributed by atoms with Gasteiger partial charge in [-0.2, -0.15) is 0 Å². The Morgan fingerprint density at radius 1 is 1.05 bits per heavy atom. The van der Waals surface area contributed by atoms with Crippen molar-refractivity contribution in [2.24, 2.45) is 0 Å². The molecule has 1 aliphatic heterocycles. The third kappa shape index (κ3) is 2.45. The molecule has 1 aromatic carbocycles. The number of methoxy groups -OCH3 is 1. The van der Waals surface area contributed by atoms with Gasteiger partial charge in [-0.3, -0.25) is 0 Å². The van der Waals surface area contributed by atoms with Crippen LogP contribution in [-0.4, -0.2) is 31.2 Å². The molecule has 1 aliphatic carbocycles. The molecule has 2 aliphatic rings. The molecule has 1 saturated heterocycles. The Labute approximate surface area is 126 Å². The first kappa shape index (κ1) is 14.8. The average molecular weight is 292 g/mol. The number of aryl methyl sites for hydroxylation is 1. The third-order valence-corrected chi connectivity index (χ3v) is 5.03. The van der Waals surface area contributed by atoms with Crippen LogP contribution in [0.15, 0.2) is 12.1 Å². The van der Waals surface area contributed by atoms with Gasteiger partial charge in [0.15, 0.2) is 5.79 Å². The van der Waals surface area contributed by atoms with E-state index in [0.717, 1.165) is 29.7 Å². The van der Waals surface area contributed by atoms with Gasteiger partial charge in [-0.05, 0) is 37.8 Å². The zero-order chi connectivity index (χ0) is 15.1. The van der Waals surface area contributed by atoms with Gasteiger partial charge >= 0.3 is 0 Å². The van der Waals surface area contributed by atoms with E-state index in [4.69, 9.17) is 14.2 Å². The molecule has 0 aromatic heterocycles. The highest BCUT2D eigenvalue weighted by Crippen LogP contribution is 2.47. The van der Waals surface area contributed by atoms with Crippen molar-refractivity contribution in [3.8, 4) is 5.75 Å². The lowest BCUT2D eigenvalue weighted by atomic mass is 9.76. The van der Waals surface area contributed by atoms with Crippen molar-refractivity contribution < 1.29 is 19.3 Å². The van der Waals surface area contributed by atoms with Crippen LogP contribution in [0.25, 0.3) is 0 Å². The van der Waals surface area contributed by atoms with Gasteiger partial charge < -0.3 is 19.3 Å². The summed E-state index contributed by atoms with van der Waals surface area (Å²) in [7, 11) is 1.67. The largest absolute Gasteiger partial charge is 0.496 e. The minimum atomic E-state index is -0.857. The summed E-state index contributed by atoms with van der Waals surface area (Å²) in [5.74, 6) is 0.348. The molecule has 4 nitrogen and oxygen atoms in total. The second kappa shape index (κ2) is 5.27. The molecule has 1 saturated carbocycles. The van der Waals surface area contributed by atoms with Crippen LogP contribution in [0.2, 0.25) is 0 Å². The number of hydrogen-bond acceptors (Lipinski definition) is 4. The number of aliphatic hydroxyl groups is 1. The maximum absolute atomic E-state index is 11.1. The summed E-state index contributed by atoms with van der Waals surface area (Å²) in [5, 5.41) is 11.1. The first-order valence-electron chi connectivity index (χ1n) is 7.65. The summed E-state index contributed by atoms with van der Waals surface area (Å²) in [6, 6.07) is 4.05. The van der Waals surface area contributed by atoms with Crippen molar-refractivity contribution in [3.05, 3.63) is 28.8 Å². The number of ether oxygens (including phenoxy) is 3. The topological polar surface area (TPSA) is 47.9 Å². The zero-order valence-electron chi connectivity index (χ0n) is 13.1. The van der Waals surface area contributed by atoms with E-state index in [0.29, 0.717) is 26.1 Å². The molecule has 0 atom stereocenters. The molecule has 1 N–H and O–H groups in total. The van der Waals surface area contributed by atoms with Crippen molar-refractivity contribution in [2.45, 2.75) is 50.9 Å². The standard InChI is InChI=1S/C17H24O4/c1-12-4-5-14(15(19-3)13(12)2)16(18)6-8-17(9-7-16)20-10-11-21-17/h4-5,18H,6-11H2,1-3H3. The number of rotatable bonds is 2. The van der Waals surface area contributed by atoms with Crippen LogP contribution in [-0.2, 0) is 15.1 Å². The molecular weight excluding hydrogens is 268 g/mol. The molecule has 2 fully saturated rings. The van der Waals surface area contributed by atoms with Crippen molar-refractivity contribution in [2.75, 3.05) is 20.3 Å². The van der Waals surface area contributed by atoms with Crippen molar-refractivity contribution in [1.29, 1.82) is 0 Å². The van der Waals surface area contributed by atoms with Crippen molar-refractivity contribution >= 4 is 0 Å². The summed E-state index contributed by atoms with van der Waals surface area (Å²) in [4.78, 5) is 0. The molecule has 0 radical (unpaired) electrons. The Morgan fingerprint density at radius 2 is 1.67 bits per heavy atom. The fraction of sp³-hybridized carbons (Fsp3) is 0.647. The molecule has 1 aromatic rings. The van der Waals surface area contributed by atoms with E-state index in [1.165, 1.54) is 5.56 Å². The van der Waals surface area contributed by atoms with Crippen molar-refractivity contribution in [1.82, 2.24) is 0 Å². The molecule has 3 rings (SSSR count). The molecule has 1 heterocycles. The summed E-state index contributed by atoms with van der Waals surface area (Å²) in [6.07, 6.45) is 2.71. The highest BCUT2D eigenvalue weighted by Gasteiger charge is 2.47. The van der Waals surface area contributed by atoms with Gasteiger partial charge in [-0.25, -0.2) is 0 Å². The Balaban J connectivity index is 1.88. The summed E-state index contributed by atoms with van der Waals surface area (Å²) in [5.41, 5.74) is 2.30. The van der Waals surface area contributed by atoms with E-state index in [1.54, 1.807) is 7.11 Å². The zero-order valence-corrected chi connectivity index (χ0v) is 13.1. The van der Waals surface area contributed by atoms with Gasteiger partial charge in [0.2, 0.25) is 0 Å². The van der Waals surface area contributed by atoms with Gasteiger partial charge in [-0.15, -0.1) is 0 Å². The summed E-state index contributed by atoms with van der Waals surface area (Å²) in [6.45, 7) is 5.41. The Hall–Kier alpha value is -1.10. The SMILES string of the molecule is COc1c(C2(O)CCC3(CC2)OCCO3)ccc(C)c1C. The van der Waals surface area contributed by atoms with Crippen LogP contribution in [0.5, 0.6) is 5.75 Å². The molecule has 0 unspecified atom stereocenters. The number of hydrogen-bond donors (Lipinski definition) is 1. The fourth-order valence-corrected chi connectivity index (χ4v) is 3.52. The van der Waals surface area contributed by atoms with Crippen LogP contribution in [0, 0.1) is 13.8 Å². The molecule has 4 heteroatoms. The molecule has 0 amide bonds. The second-order valence-electron chi connectivity index (χ2n) is 6.23. The van der Waals surface area contributed by atoms with E-state index in [9.17, 15) is 5.11 Å². The van der Waals surface area contributed by atoms with E-state index < -0.39 is 11.4 Å². The normalized spacial score (nSPS) is 23.4. The van der Waals surface area contributed by atoms with Crippen LogP contribution in [0.1, 0.15) is 42.4 Å². The highest BCUT2D eigenvalue weighted by atomic mass is 16.7. The average Bonchev–Trinajstić information content (AvgIpc) is 2.94. The number of benzene rings is 1. The first-order valence-corrected chi connectivity index (χ1v) is 7.65. The molecule has 0 bridgehead atoms. The Morgan fingerprint density at radius 3 is 2.24 bits per heavy atom. The third-order valence-electron chi connectivity index (χ3n) is 5.03. The quantitative estimate of drug-likeness (QED) is 0.910. The van der Waals surface area contributed by atoms with Gasteiger partial charge in [0, 0.05) is 18.4 Å². The predicted octanol–water partition coefficient (Wildman–Crippen LogP) is 2.82. The van der Waals surface area contributed by atoms with E-state index in [2.05, 4.69) is 13.0 Å². The van der Waals surface area contributed by atoms with Gasteiger partial charge in [-0.1, -0.05) is 12.1 Å². The molecule has 21 heavy (non-hydrogen) atoms. The smallest absolute Gasteiger partial charge is 0.168 e. The van der Waals surface area contributed by atoms with Crippen LogP contribution in [0.4, 0.5) is 0 Å². The predicted molar refractivity (Wildman–Crippen MR) is 79.5 cm³/mol. The summed E-state index contributed by atoms with van der Waals surface area (Å²) >= 11 is 0. The summed E-state index contributed by atoms with van der Waals surface area (Å²) < 4.78 is 17.1. The Kier molecular flexibility index (Phi) is 3.72. The van der Waals surface area contributed by atoms with E-state index in [-0.39, 0.29) is 0 Å². The molecule has 116 valence electrons. The van der Waals surface area contributed by atoms with Gasteiger partial charge in [0.05, 0.1) is 25.9 Å². The lowest BCUT2D eigenvalue weighted by Crippen LogP contribution is -2.42. The monoisotopic (exact) mass is 292 g/mol. The van der Waals surface area contributed by atoms with Crippen LogP contribution < -0.4 is 4.74 Å². The van der Waals surface area contributed by atoms with Crippen LogP contribution >= 0.6 is 0 Å². The molecular formula is C17H24O4.